The molecule has 1 saturated carbocycles. The van der Waals surface area contributed by atoms with Gasteiger partial charge in [0.05, 0.1) is 17.4 Å². The van der Waals surface area contributed by atoms with Gasteiger partial charge in [0.25, 0.3) is 5.56 Å². The molecule has 0 spiro atoms. The molecule has 2 aliphatic heterocycles. The fourth-order valence-electron chi connectivity index (χ4n) is 4.95. The highest BCUT2D eigenvalue weighted by molar-refractivity contribution is 5.89. The van der Waals surface area contributed by atoms with Crippen LogP contribution in [0.2, 0.25) is 0 Å². The number of hydrogen-bond acceptors (Lipinski definition) is 4. The van der Waals surface area contributed by atoms with Crippen LogP contribution < -0.4 is 16.2 Å². The van der Waals surface area contributed by atoms with E-state index in [0.29, 0.717) is 24.2 Å². The number of anilines is 1. The summed E-state index contributed by atoms with van der Waals surface area (Å²) in [6.45, 7) is 0.612. The molecule has 0 amide bonds. The predicted octanol–water partition coefficient (Wildman–Crippen LogP) is 2.26. The van der Waals surface area contributed by atoms with Crippen LogP contribution in [0, 0.1) is 5.82 Å². The van der Waals surface area contributed by atoms with Gasteiger partial charge in [0, 0.05) is 24.2 Å². The molecule has 5 rings (SSSR count). The first-order valence-electron chi connectivity index (χ1n) is 9.62. The van der Waals surface area contributed by atoms with Gasteiger partial charge in [-0.1, -0.05) is 0 Å². The quantitative estimate of drug-likeness (QED) is 0.845. The summed E-state index contributed by atoms with van der Waals surface area (Å²) in [5, 5.41) is 9.43. The van der Waals surface area contributed by atoms with Crippen molar-refractivity contribution in [2.24, 2.45) is 5.73 Å². The largest absolute Gasteiger partial charge is 0.477 e. The molecular weight excluding hydrogens is 349 g/mol. The van der Waals surface area contributed by atoms with Crippen molar-refractivity contribution in [2.75, 3.05) is 11.4 Å². The first kappa shape index (κ1) is 16.7. The molecule has 3 N–H and O–H groups in total. The third kappa shape index (κ3) is 2.48. The number of aromatic nitrogens is 1. The van der Waals surface area contributed by atoms with Crippen LogP contribution in [0.4, 0.5) is 10.1 Å². The second-order valence-electron chi connectivity index (χ2n) is 8.11. The van der Waals surface area contributed by atoms with Gasteiger partial charge in [-0.3, -0.25) is 9.20 Å². The van der Waals surface area contributed by atoms with Crippen molar-refractivity contribution >= 4 is 17.2 Å². The average Bonchev–Trinajstić information content (AvgIpc) is 3.40. The smallest absolute Gasteiger partial charge is 0.341 e. The minimum absolute atomic E-state index is 0.0241. The SMILES string of the molecule is N[C@H]1C[C@H]2CCCc3c(c(F)cn4c(=O)c(C(=O)O)cc(C5CC5)c34)N2C1. The second-order valence-corrected chi connectivity index (χ2v) is 8.11. The van der Waals surface area contributed by atoms with Crippen molar-refractivity contribution in [1.29, 1.82) is 0 Å². The van der Waals surface area contributed by atoms with Crippen LogP contribution in [0.5, 0.6) is 0 Å². The highest BCUT2D eigenvalue weighted by atomic mass is 19.1. The molecule has 3 aliphatic rings. The molecule has 4 heterocycles. The number of aromatic carboxylic acids is 1. The maximum Gasteiger partial charge on any atom is 0.341 e. The van der Waals surface area contributed by atoms with Gasteiger partial charge < -0.3 is 15.7 Å². The van der Waals surface area contributed by atoms with Crippen LogP contribution >= 0.6 is 0 Å². The first-order chi connectivity index (χ1) is 13.0. The fraction of sp³-hybridized carbons (Fsp3) is 0.500. The molecule has 2 atom stereocenters. The van der Waals surface area contributed by atoms with Gasteiger partial charge in [0.15, 0.2) is 5.82 Å². The minimum atomic E-state index is -1.27. The van der Waals surface area contributed by atoms with Crippen molar-refractivity contribution in [3.05, 3.63) is 45.1 Å². The molecule has 0 aromatic carbocycles. The Hall–Kier alpha value is -2.41. The first-order valence-corrected chi connectivity index (χ1v) is 9.62. The number of aryl methyl sites for hydroxylation is 1. The zero-order chi connectivity index (χ0) is 18.9. The van der Waals surface area contributed by atoms with Crippen LogP contribution in [0.25, 0.3) is 5.52 Å². The summed E-state index contributed by atoms with van der Waals surface area (Å²) in [6, 6.07) is 1.78. The van der Waals surface area contributed by atoms with Gasteiger partial charge in [0.1, 0.15) is 5.56 Å². The Morgan fingerprint density at radius 3 is 2.78 bits per heavy atom. The number of nitrogens with two attached hydrogens (primary N) is 1. The monoisotopic (exact) mass is 371 g/mol. The average molecular weight is 371 g/mol. The normalized spacial score (nSPS) is 24.6. The van der Waals surface area contributed by atoms with Gasteiger partial charge in [-0.25, -0.2) is 9.18 Å². The molecule has 1 aliphatic carbocycles. The molecule has 6 nitrogen and oxygen atoms in total. The standard InChI is InChI=1S/C20H22FN3O3/c21-16-9-24-17(14(10-4-5-10)7-15(19(24)25)20(26)27)13-3-1-2-12-6-11(22)8-23(12)18(13)16/h7,9-12H,1-6,8,22H2,(H,26,27)/t11-,12+/m0/s1. The number of carboxylic acid groups (broad SMARTS) is 1. The molecule has 2 fully saturated rings. The van der Waals surface area contributed by atoms with E-state index in [1.165, 1.54) is 16.7 Å². The fourth-order valence-corrected chi connectivity index (χ4v) is 4.95. The highest BCUT2D eigenvalue weighted by Gasteiger charge is 2.37. The third-order valence-electron chi connectivity index (χ3n) is 6.25. The van der Waals surface area contributed by atoms with Crippen molar-refractivity contribution < 1.29 is 14.3 Å². The number of halogens is 1. The van der Waals surface area contributed by atoms with E-state index in [9.17, 15) is 14.7 Å². The number of carboxylic acids is 1. The summed E-state index contributed by atoms with van der Waals surface area (Å²) in [5.74, 6) is -1.49. The Bertz CT molecular complexity index is 1030. The number of rotatable bonds is 2. The van der Waals surface area contributed by atoms with E-state index in [-0.39, 0.29) is 23.6 Å². The van der Waals surface area contributed by atoms with Crippen molar-refractivity contribution in [2.45, 2.75) is 56.5 Å². The van der Waals surface area contributed by atoms with Crippen LogP contribution in [0.15, 0.2) is 17.1 Å². The third-order valence-corrected chi connectivity index (χ3v) is 6.25. The van der Waals surface area contributed by atoms with Gasteiger partial charge in [-0.05, 0) is 56.1 Å². The molecule has 0 radical (unpaired) electrons. The number of pyridine rings is 2. The molecule has 7 heteroatoms. The Morgan fingerprint density at radius 2 is 2.07 bits per heavy atom. The summed E-state index contributed by atoms with van der Waals surface area (Å²) in [4.78, 5) is 26.4. The Balaban J connectivity index is 1.85. The van der Waals surface area contributed by atoms with Gasteiger partial charge in [-0.2, -0.15) is 0 Å². The van der Waals surface area contributed by atoms with Gasteiger partial charge in [-0.15, -0.1) is 0 Å². The molecular formula is C20H22FN3O3. The number of fused-ring (bicyclic) bond motifs is 5. The van der Waals surface area contributed by atoms with E-state index >= 15 is 4.39 Å². The Morgan fingerprint density at radius 1 is 1.30 bits per heavy atom. The summed E-state index contributed by atoms with van der Waals surface area (Å²) in [5.41, 5.74) is 8.17. The van der Waals surface area contributed by atoms with Gasteiger partial charge in [0.2, 0.25) is 0 Å². The van der Waals surface area contributed by atoms with E-state index in [2.05, 4.69) is 4.90 Å². The number of hydrogen-bond donors (Lipinski definition) is 2. The van der Waals surface area contributed by atoms with E-state index < -0.39 is 17.3 Å². The molecule has 1 saturated heterocycles. The second kappa shape index (κ2) is 5.79. The lowest BCUT2D eigenvalue weighted by molar-refractivity contribution is 0.0694. The molecule has 2 aromatic rings. The molecule has 0 unspecified atom stereocenters. The molecule has 0 bridgehead atoms. The zero-order valence-electron chi connectivity index (χ0n) is 14.9. The highest BCUT2D eigenvalue weighted by Crippen LogP contribution is 2.45. The van der Waals surface area contributed by atoms with Crippen LogP contribution in [-0.4, -0.2) is 34.1 Å². The maximum atomic E-state index is 15.2. The van der Waals surface area contributed by atoms with Crippen molar-refractivity contribution in [1.82, 2.24) is 4.40 Å². The van der Waals surface area contributed by atoms with Gasteiger partial charge >= 0.3 is 5.97 Å². The topological polar surface area (TPSA) is 88.0 Å². The van der Waals surface area contributed by atoms with E-state index in [1.807, 2.05) is 0 Å². The van der Waals surface area contributed by atoms with Crippen LogP contribution in [-0.2, 0) is 6.42 Å². The summed E-state index contributed by atoms with van der Waals surface area (Å²) in [6.07, 6.45) is 6.51. The van der Waals surface area contributed by atoms with E-state index in [0.717, 1.165) is 43.2 Å². The van der Waals surface area contributed by atoms with E-state index in [1.54, 1.807) is 0 Å². The predicted molar refractivity (Wildman–Crippen MR) is 99.2 cm³/mol. The zero-order valence-corrected chi connectivity index (χ0v) is 14.9. The maximum absolute atomic E-state index is 15.2. The van der Waals surface area contributed by atoms with Crippen LogP contribution in [0.1, 0.15) is 59.5 Å². The lowest BCUT2D eigenvalue weighted by Gasteiger charge is -2.27. The molecule has 27 heavy (non-hydrogen) atoms. The van der Waals surface area contributed by atoms with E-state index in [4.69, 9.17) is 5.73 Å². The van der Waals surface area contributed by atoms with Crippen molar-refractivity contribution in [3.8, 4) is 0 Å². The summed E-state index contributed by atoms with van der Waals surface area (Å²) >= 11 is 0. The summed E-state index contributed by atoms with van der Waals surface area (Å²) in [7, 11) is 0. The Labute approximate surface area is 155 Å². The molecule has 2 aromatic heterocycles. The van der Waals surface area contributed by atoms with Crippen LogP contribution in [0.3, 0.4) is 0 Å². The van der Waals surface area contributed by atoms with Crippen molar-refractivity contribution in [3.63, 3.8) is 0 Å². The minimum Gasteiger partial charge on any atom is -0.477 e. The Kier molecular flexibility index (Phi) is 3.59. The molecule has 142 valence electrons. The number of nitrogens with zero attached hydrogens (tertiary/aromatic N) is 2. The lowest BCUT2D eigenvalue weighted by atomic mass is 9.98. The number of carbonyl (C=O) groups is 1. The summed E-state index contributed by atoms with van der Waals surface area (Å²) < 4.78 is 16.5. The lowest BCUT2D eigenvalue weighted by Crippen LogP contribution is -2.32.